The maximum Gasteiger partial charge on any atom is 0.253 e. The van der Waals surface area contributed by atoms with E-state index >= 15 is 0 Å². The Hall–Kier alpha value is -3.28. The van der Waals surface area contributed by atoms with E-state index in [0.29, 0.717) is 23.7 Å². The first kappa shape index (κ1) is 18.5. The highest BCUT2D eigenvalue weighted by Crippen LogP contribution is 2.16. The van der Waals surface area contributed by atoms with Crippen LogP contribution >= 0.6 is 0 Å². The Labute approximate surface area is 158 Å². The van der Waals surface area contributed by atoms with Gasteiger partial charge in [0.05, 0.1) is 23.6 Å². The first-order valence-electron chi connectivity index (χ1n) is 8.93. The average molecular weight is 362 g/mol. The summed E-state index contributed by atoms with van der Waals surface area (Å²) in [5.41, 5.74) is 2.97. The van der Waals surface area contributed by atoms with Crippen molar-refractivity contribution in [3.63, 3.8) is 0 Å². The standard InChI is InChI=1S/C21H22N4O2/c1-3-15(2)27-20-11-16(9-10-22-20)13-23-21(26)18-12-19(25-24-14-18)17-7-5-4-6-8-17/h4-12,14-15H,3,13H2,1-2H3,(H,23,26). The Morgan fingerprint density at radius 1 is 1.19 bits per heavy atom. The number of hydrogen-bond acceptors (Lipinski definition) is 5. The molecule has 0 saturated heterocycles. The Bertz CT molecular complexity index is 899. The van der Waals surface area contributed by atoms with E-state index in [-0.39, 0.29) is 12.0 Å². The first-order chi connectivity index (χ1) is 13.2. The summed E-state index contributed by atoms with van der Waals surface area (Å²) in [5.74, 6) is 0.358. The molecule has 3 aromatic rings. The monoisotopic (exact) mass is 362 g/mol. The number of ether oxygens (including phenoxy) is 1. The Balaban J connectivity index is 1.65. The van der Waals surface area contributed by atoms with Crippen molar-refractivity contribution in [2.75, 3.05) is 0 Å². The number of carbonyl (C=O) groups is 1. The Kier molecular flexibility index (Phi) is 6.10. The number of carbonyl (C=O) groups excluding carboxylic acids is 1. The lowest BCUT2D eigenvalue weighted by Crippen LogP contribution is -2.23. The second-order valence-corrected chi connectivity index (χ2v) is 6.22. The summed E-state index contributed by atoms with van der Waals surface area (Å²) >= 11 is 0. The van der Waals surface area contributed by atoms with Crippen LogP contribution in [-0.2, 0) is 6.54 Å². The van der Waals surface area contributed by atoms with Gasteiger partial charge < -0.3 is 10.1 Å². The van der Waals surface area contributed by atoms with Crippen LogP contribution in [0.25, 0.3) is 11.3 Å². The summed E-state index contributed by atoms with van der Waals surface area (Å²) < 4.78 is 5.72. The smallest absolute Gasteiger partial charge is 0.253 e. The SMILES string of the molecule is CCC(C)Oc1cc(CNC(=O)c2cnnc(-c3ccccc3)c2)ccn1. The van der Waals surface area contributed by atoms with Crippen molar-refractivity contribution >= 4 is 5.91 Å². The van der Waals surface area contributed by atoms with Crippen molar-refractivity contribution in [2.24, 2.45) is 0 Å². The van der Waals surface area contributed by atoms with Gasteiger partial charge in [0.2, 0.25) is 5.88 Å². The van der Waals surface area contributed by atoms with E-state index in [1.165, 1.54) is 6.20 Å². The van der Waals surface area contributed by atoms with E-state index in [0.717, 1.165) is 17.5 Å². The summed E-state index contributed by atoms with van der Waals surface area (Å²) in [7, 11) is 0. The van der Waals surface area contributed by atoms with Gasteiger partial charge in [0.25, 0.3) is 5.91 Å². The molecule has 0 saturated carbocycles. The van der Waals surface area contributed by atoms with E-state index in [4.69, 9.17) is 4.74 Å². The lowest BCUT2D eigenvalue weighted by molar-refractivity contribution is 0.0950. The largest absolute Gasteiger partial charge is 0.475 e. The van der Waals surface area contributed by atoms with Crippen LogP contribution in [0, 0.1) is 0 Å². The molecule has 0 fully saturated rings. The van der Waals surface area contributed by atoms with Crippen LogP contribution < -0.4 is 10.1 Å². The van der Waals surface area contributed by atoms with Crippen molar-refractivity contribution in [1.29, 1.82) is 0 Å². The Morgan fingerprint density at radius 3 is 2.78 bits per heavy atom. The molecular formula is C21H22N4O2. The molecule has 2 heterocycles. The molecule has 0 bridgehead atoms. The molecule has 1 unspecified atom stereocenters. The minimum atomic E-state index is -0.205. The van der Waals surface area contributed by atoms with Gasteiger partial charge in [-0.25, -0.2) is 4.98 Å². The molecule has 0 aliphatic carbocycles. The number of pyridine rings is 1. The third-order valence-electron chi connectivity index (χ3n) is 4.14. The number of amides is 1. The summed E-state index contributed by atoms with van der Waals surface area (Å²) in [6.07, 6.45) is 4.15. The molecular weight excluding hydrogens is 340 g/mol. The highest BCUT2D eigenvalue weighted by atomic mass is 16.5. The number of benzene rings is 1. The fourth-order valence-corrected chi connectivity index (χ4v) is 2.44. The predicted octanol–water partition coefficient (Wildman–Crippen LogP) is 3.65. The number of nitrogens with one attached hydrogen (secondary N) is 1. The van der Waals surface area contributed by atoms with Crippen molar-refractivity contribution in [3.8, 4) is 17.1 Å². The van der Waals surface area contributed by atoms with Crippen LogP contribution in [0.1, 0.15) is 36.2 Å². The molecule has 0 aliphatic heterocycles. The molecule has 1 atom stereocenters. The molecule has 3 rings (SSSR count). The lowest BCUT2D eigenvalue weighted by atomic mass is 10.1. The maximum atomic E-state index is 12.5. The third-order valence-corrected chi connectivity index (χ3v) is 4.14. The summed E-state index contributed by atoms with van der Waals surface area (Å²) in [6, 6.07) is 15.1. The van der Waals surface area contributed by atoms with E-state index in [9.17, 15) is 4.79 Å². The molecule has 0 radical (unpaired) electrons. The molecule has 138 valence electrons. The maximum absolute atomic E-state index is 12.5. The van der Waals surface area contributed by atoms with Crippen molar-refractivity contribution in [3.05, 3.63) is 72.1 Å². The fourth-order valence-electron chi connectivity index (χ4n) is 2.44. The molecule has 27 heavy (non-hydrogen) atoms. The van der Waals surface area contributed by atoms with Gasteiger partial charge in [0.1, 0.15) is 0 Å². The van der Waals surface area contributed by atoms with Gasteiger partial charge in [-0.1, -0.05) is 37.3 Å². The number of aromatic nitrogens is 3. The van der Waals surface area contributed by atoms with Gasteiger partial charge in [-0.15, -0.1) is 0 Å². The van der Waals surface area contributed by atoms with E-state index < -0.39 is 0 Å². The summed E-state index contributed by atoms with van der Waals surface area (Å²) in [5, 5.41) is 11.0. The minimum Gasteiger partial charge on any atom is -0.475 e. The van der Waals surface area contributed by atoms with E-state index in [1.807, 2.05) is 49.4 Å². The van der Waals surface area contributed by atoms with Gasteiger partial charge in [0, 0.05) is 24.4 Å². The highest BCUT2D eigenvalue weighted by Gasteiger charge is 2.10. The van der Waals surface area contributed by atoms with Gasteiger partial charge in [0.15, 0.2) is 0 Å². The molecule has 1 N–H and O–H groups in total. The van der Waals surface area contributed by atoms with Crippen molar-refractivity contribution < 1.29 is 9.53 Å². The molecule has 1 amide bonds. The zero-order valence-corrected chi connectivity index (χ0v) is 15.4. The van der Waals surface area contributed by atoms with Crippen molar-refractivity contribution in [1.82, 2.24) is 20.5 Å². The molecule has 0 aliphatic rings. The predicted molar refractivity (Wildman–Crippen MR) is 103 cm³/mol. The number of hydrogen-bond donors (Lipinski definition) is 1. The normalized spacial score (nSPS) is 11.6. The van der Waals surface area contributed by atoms with Crippen LogP contribution in [0.5, 0.6) is 5.88 Å². The lowest BCUT2D eigenvalue weighted by Gasteiger charge is -2.12. The van der Waals surface area contributed by atoms with Gasteiger partial charge >= 0.3 is 0 Å². The molecule has 6 nitrogen and oxygen atoms in total. The van der Waals surface area contributed by atoms with Gasteiger partial charge in [-0.2, -0.15) is 10.2 Å². The van der Waals surface area contributed by atoms with Crippen LogP contribution in [0.2, 0.25) is 0 Å². The highest BCUT2D eigenvalue weighted by molar-refractivity contribution is 5.94. The second kappa shape index (κ2) is 8.89. The van der Waals surface area contributed by atoms with E-state index in [1.54, 1.807) is 12.3 Å². The van der Waals surface area contributed by atoms with Crippen molar-refractivity contribution in [2.45, 2.75) is 32.9 Å². The summed E-state index contributed by atoms with van der Waals surface area (Å²) in [4.78, 5) is 16.7. The second-order valence-electron chi connectivity index (χ2n) is 6.22. The zero-order valence-electron chi connectivity index (χ0n) is 15.4. The van der Waals surface area contributed by atoms with Crippen LogP contribution in [0.3, 0.4) is 0 Å². The fraction of sp³-hybridized carbons (Fsp3) is 0.238. The molecule has 2 aromatic heterocycles. The van der Waals surface area contributed by atoms with Crippen LogP contribution in [0.15, 0.2) is 60.9 Å². The number of rotatable bonds is 7. The van der Waals surface area contributed by atoms with Gasteiger partial charge in [-0.3, -0.25) is 4.79 Å². The molecule has 6 heteroatoms. The Morgan fingerprint density at radius 2 is 2.00 bits per heavy atom. The average Bonchev–Trinajstić information content (AvgIpc) is 2.73. The minimum absolute atomic E-state index is 0.0987. The topological polar surface area (TPSA) is 77.0 Å². The van der Waals surface area contributed by atoms with Gasteiger partial charge in [-0.05, 0) is 31.0 Å². The van der Waals surface area contributed by atoms with E-state index in [2.05, 4.69) is 27.4 Å². The van der Waals surface area contributed by atoms with Crippen LogP contribution in [0.4, 0.5) is 0 Å². The van der Waals surface area contributed by atoms with Crippen LogP contribution in [-0.4, -0.2) is 27.2 Å². The third kappa shape index (κ3) is 5.10. The number of nitrogens with zero attached hydrogens (tertiary/aromatic N) is 3. The first-order valence-corrected chi connectivity index (χ1v) is 8.93. The summed E-state index contributed by atoms with van der Waals surface area (Å²) in [6.45, 7) is 4.43. The molecule has 1 aromatic carbocycles. The molecule has 0 spiro atoms. The zero-order chi connectivity index (χ0) is 19.1. The quantitative estimate of drug-likeness (QED) is 0.694.